The highest BCUT2D eigenvalue weighted by Crippen LogP contribution is 2.52. The number of pyridine rings is 1. The van der Waals surface area contributed by atoms with Crippen molar-refractivity contribution >= 4 is 23.5 Å². The molecule has 0 aliphatic rings. The minimum atomic E-state index is -0.0547. The lowest BCUT2D eigenvalue weighted by atomic mass is 10.1. The third-order valence-corrected chi connectivity index (χ3v) is 6.19. The van der Waals surface area contributed by atoms with E-state index < -0.39 is 0 Å². The SMILES string of the molecule is CSC(Cc1ccccc1)(SC(C)(C)C)c1ccccn1. The van der Waals surface area contributed by atoms with Crippen molar-refractivity contribution in [2.75, 3.05) is 6.26 Å². The highest BCUT2D eigenvalue weighted by Gasteiger charge is 2.37. The molecule has 0 amide bonds. The zero-order valence-corrected chi connectivity index (χ0v) is 14.8. The van der Waals surface area contributed by atoms with E-state index in [1.807, 2.05) is 35.8 Å². The Kier molecular flexibility index (Phi) is 5.39. The third-order valence-electron chi connectivity index (χ3n) is 3.14. The van der Waals surface area contributed by atoms with Crippen LogP contribution in [0.4, 0.5) is 0 Å². The minimum Gasteiger partial charge on any atom is -0.259 e. The molecule has 0 spiro atoms. The molecule has 1 unspecified atom stereocenters. The molecule has 112 valence electrons. The molecule has 0 fully saturated rings. The number of hydrogen-bond acceptors (Lipinski definition) is 3. The van der Waals surface area contributed by atoms with Gasteiger partial charge in [-0.15, -0.1) is 23.5 Å². The van der Waals surface area contributed by atoms with Crippen molar-refractivity contribution in [3.8, 4) is 0 Å². The van der Waals surface area contributed by atoms with E-state index in [1.54, 1.807) is 0 Å². The Bertz CT molecular complexity index is 548. The first-order chi connectivity index (χ1) is 9.95. The smallest absolute Gasteiger partial charge is 0.107 e. The summed E-state index contributed by atoms with van der Waals surface area (Å²) in [6, 6.07) is 16.9. The lowest BCUT2D eigenvalue weighted by Gasteiger charge is -2.37. The Morgan fingerprint density at radius 1 is 0.952 bits per heavy atom. The molecule has 3 heteroatoms. The van der Waals surface area contributed by atoms with Crippen molar-refractivity contribution in [2.45, 2.75) is 36.0 Å². The Balaban J connectivity index is 2.42. The van der Waals surface area contributed by atoms with Gasteiger partial charge in [0.25, 0.3) is 0 Å². The van der Waals surface area contributed by atoms with Crippen LogP contribution < -0.4 is 0 Å². The van der Waals surface area contributed by atoms with Crippen LogP contribution in [-0.2, 0) is 10.5 Å². The van der Waals surface area contributed by atoms with E-state index >= 15 is 0 Å². The topological polar surface area (TPSA) is 12.9 Å². The van der Waals surface area contributed by atoms with Crippen LogP contribution in [0.1, 0.15) is 32.0 Å². The normalized spacial score (nSPS) is 14.7. The van der Waals surface area contributed by atoms with Crippen LogP contribution in [0.15, 0.2) is 54.7 Å². The van der Waals surface area contributed by atoms with E-state index in [-0.39, 0.29) is 8.83 Å². The van der Waals surface area contributed by atoms with E-state index in [1.165, 1.54) is 5.56 Å². The fraction of sp³-hybridized carbons (Fsp3) is 0.389. The van der Waals surface area contributed by atoms with Gasteiger partial charge < -0.3 is 0 Å². The summed E-state index contributed by atoms with van der Waals surface area (Å²) in [4.78, 5) is 4.66. The van der Waals surface area contributed by atoms with Crippen LogP contribution in [-0.4, -0.2) is 16.0 Å². The Labute approximate surface area is 137 Å². The average Bonchev–Trinajstić information content (AvgIpc) is 2.47. The summed E-state index contributed by atoms with van der Waals surface area (Å²) in [5.41, 5.74) is 2.51. The molecule has 2 rings (SSSR count). The molecule has 0 N–H and O–H groups in total. The second-order valence-electron chi connectivity index (χ2n) is 6.05. The Morgan fingerprint density at radius 2 is 1.62 bits per heavy atom. The zero-order chi connectivity index (χ0) is 15.3. The van der Waals surface area contributed by atoms with Crippen LogP contribution >= 0.6 is 23.5 Å². The summed E-state index contributed by atoms with van der Waals surface area (Å²) in [7, 11) is 0. The monoisotopic (exact) mass is 317 g/mol. The molecule has 0 radical (unpaired) electrons. The van der Waals surface area contributed by atoms with Gasteiger partial charge in [0.2, 0.25) is 0 Å². The molecule has 0 bridgehead atoms. The minimum absolute atomic E-state index is 0.0547. The quantitative estimate of drug-likeness (QED) is 0.688. The van der Waals surface area contributed by atoms with Crippen LogP contribution in [0.25, 0.3) is 0 Å². The molecule has 1 heterocycles. The van der Waals surface area contributed by atoms with Gasteiger partial charge in [-0.3, -0.25) is 4.98 Å². The maximum Gasteiger partial charge on any atom is 0.107 e. The number of benzene rings is 1. The van der Waals surface area contributed by atoms with E-state index in [4.69, 9.17) is 0 Å². The van der Waals surface area contributed by atoms with Crippen LogP contribution in [0, 0.1) is 0 Å². The van der Waals surface area contributed by atoms with Crippen molar-refractivity contribution in [3.63, 3.8) is 0 Å². The molecule has 0 saturated heterocycles. The Hall–Kier alpha value is -0.930. The van der Waals surface area contributed by atoms with Crippen molar-refractivity contribution in [1.29, 1.82) is 0 Å². The van der Waals surface area contributed by atoms with Gasteiger partial charge in [-0.05, 0) is 24.0 Å². The number of aromatic nitrogens is 1. The lowest BCUT2D eigenvalue weighted by Crippen LogP contribution is -2.28. The number of thioether (sulfide) groups is 2. The molecule has 0 aliphatic heterocycles. The molecule has 1 atom stereocenters. The van der Waals surface area contributed by atoms with E-state index in [0.717, 1.165) is 12.1 Å². The summed E-state index contributed by atoms with van der Waals surface area (Å²) in [5.74, 6) is 0. The van der Waals surface area contributed by atoms with E-state index in [2.05, 4.69) is 74.5 Å². The standard InChI is InChI=1S/C18H23NS2/c1-17(2,3)21-18(20-4,16-12-8-9-13-19-16)14-15-10-6-5-7-11-15/h5-13H,14H2,1-4H3. The molecular weight excluding hydrogens is 294 g/mol. The first-order valence-electron chi connectivity index (χ1n) is 7.16. The fourth-order valence-corrected chi connectivity index (χ4v) is 5.52. The Morgan fingerprint density at radius 3 is 2.14 bits per heavy atom. The maximum atomic E-state index is 4.66. The summed E-state index contributed by atoms with van der Waals surface area (Å²) < 4.78 is 0.121. The molecule has 2 aromatic rings. The molecule has 1 aromatic carbocycles. The van der Waals surface area contributed by atoms with Crippen LogP contribution in [0.2, 0.25) is 0 Å². The molecular formula is C18H23NS2. The maximum absolute atomic E-state index is 4.66. The molecule has 1 nitrogen and oxygen atoms in total. The van der Waals surface area contributed by atoms with Crippen molar-refractivity contribution in [1.82, 2.24) is 4.98 Å². The fourth-order valence-electron chi connectivity index (χ4n) is 2.34. The number of hydrogen-bond donors (Lipinski definition) is 0. The first-order valence-corrected chi connectivity index (χ1v) is 9.20. The van der Waals surface area contributed by atoms with Crippen LogP contribution in [0.5, 0.6) is 0 Å². The number of nitrogens with zero attached hydrogens (tertiary/aromatic N) is 1. The van der Waals surface area contributed by atoms with Crippen molar-refractivity contribution < 1.29 is 0 Å². The summed E-state index contributed by atoms with van der Waals surface area (Å²) in [5, 5.41) is 0. The molecule has 1 aromatic heterocycles. The van der Waals surface area contributed by atoms with Gasteiger partial charge in [-0.25, -0.2) is 0 Å². The average molecular weight is 318 g/mol. The summed E-state index contributed by atoms with van der Waals surface area (Å²) >= 11 is 3.89. The summed E-state index contributed by atoms with van der Waals surface area (Å²) in [6.45, 7) is 6.82. The van der Waals surface area contributed by atoms with Crippen molar-refractivity contribution in [2.24, 2.45) is 0 Å². The van der Waals surface area contributed by atoms with Gasteiger partial charge in [-0.1, -0.05) is 57.2 Å². The molecule has 0 saturated carbocycles. The van der Waals surface area contributed by atoms with Gasteiger partial charge in [-0.2, -0.15) is 0 Å². The predicted octanol–water partition coefficient (Wildman–Crippen LogP) is 5.37. The van der Waals surface area contributed by atoms with E-state index in [0.29, 0.717) is 0 Å². The number of rotatable bonds is 5. The second kappa shape index (κ2) is 6.89. The van der Waals surface area contributed by atoms with Gasteiger partial charge in [0, 0.05) is 17.4 Å². The largest absolute Gasteiger partial charge is 0.259 e. The van der Waals surface area contributed by atoms with Crippen LogP contribution in [0.3, 0.4) is 0 Å². The highest BCUT2D eigenvalue weighted by molar-refractivity contribution is 8.17. The van der Waals surface area contributed by atoms with Gasteiger partial charge >= 0.3 is 0 Å². The molecule has 0 aliphatic carbocycles. The first kappa shape index (κ1) is 16.4. The van der Waals surface area contributed by atoms with Gasteiger partial charge in [0.15, 0.2) is 0 Å². The second-order valence-corrected chi connectivity index (χ2v) is 9.54. The van der Waals surface area contributed by atoms with Gasteiger partial charge in [0.05, 0.1) is 5.69 Å². The summed E-state index contributed by atoms with van der Waals surface area (Å²) in [6.07, 6.45) is 5.07. The third kappa shape index (κ3) is 4.52. The lowest BCUT2D eigenvalue weighted by molar-refractivity contribution is 0.758. The van der Waals surface area contributed by atoms with Crippen molar-refractivity contribution in [3.05, 3.63) is 66.0 Å². The van der Waals surface area contributed by atoms with E-state index in [9.17, 15) is 0 Å². The van der Waals surface area contributed by atoms with Gasteiger partial charge in [0.1, 0.15) is 4.08 Å². The molecule has 21 heavy (non-hydrogen) atoms. The zero-order valence-electron chi connectivity index (χ0n) is 13.2. The predicted molar refractivity (Wildman–Crippen MR) is 96.9 cm³/mol. The highest BCUT2D eigenvalue weighted by atomic mass is 32.2.